The minimum absolute atomic E-state index is 0.00843. The van der Waals surface area contributed by atoms with Crippen LogP contribution in [0.5, 0.6) is 0 Å². The molecule has 0 spiro atoms. The van der Waals surface area contributed by atoms with E-state index >= 15 is 0 Å². The highest BCUT2D eigenvalue weighted by Crippen LogP contribution is 2.38. The molecule has 0 bridgehead atoms. The van der Waals surface area contributed by atoms with Crippen LogP contribution in [0, 0.1) is 11.8 Å². The predicted molar refractivity (Wildman–Crippen MR) is 68.8 cm³/mol. The molecule has 1 saturated heterocycles. The number of rotatable bonds is 5. The molecule has 0 aromatic heterocycles. The maximum Gasteiger partial charge on any atom is 0.326 e. The van der Waals surface area contributed by atoms with Crippen molar-refractivity contribution in [2.75, 3.05) is 6.61 Å². The zero-order valence-corrected chi connectivity index (χ0v) is 11.4. The molecule has 1 aliphatic carbocycles. The smallest absolute Gasteiger partial charge is 0.326 e. The number of nitrogens with one attached hydrogen (secondary N) is 2. The van der Waals surface area contributed by atoms with E-state index in [1.54, 1.807) is 13.8 Å². The molecule has 19 heavy (non-hydrogen) atoms. The largest absolute Gasteiger partial charge is 0.480 e. The second-order valence-electron chi connectivity index (χ2n) is 5.75. The normalized spacial score (nSPS) is 28.2. The molecule has 1 saturated carbocycles. The molecular formula is C13H22N2O4. The van der Waals surface area contributed by atoms with Gasteiger partial charge in [0.25, 0.3) is 0 Å². The third-order valence-electron chi connectivity index (χ3n) is 3.76. The summed E-state index contributed by atoms with van der Waals surface area (Å²) in [7, 11) is 0. The van der Waals surface area contributed by atoms with E-state index in [9.17, 15) is 9.59 Å². The topological polar surface area (TPSA) is 87.7 Å². The minimum atomic E-state index is -1.01. The predicted octanol–water partition coefficient (Wildman–Crippen LogP) is 0.962. The van der Waals surface area contributed by atoms with Crippen LogP contribution in [-0.2, 0) is 9.53 Å². The first-order chi connectivity index (χ1) is 8.99. The molecule has 0 aromatic rings. The minimum Gasteiger partial charge on any atom is -0.480 e. The number of hydrogen-bond acceptors (Lipinski definition) is 3. The summed E-state index contributed by atoms with van der Waals surface area (Å²) >= 11 is 0. The van der Waals surface area contributed by atoms with Gasteiger partial charge in [0, 0.05) is 6.61 Å². The Morgan fingerprint density at radius 1 is 1.26 bits per heavy atom. The number of ether oxygens (including phenoxy) is 1. The van der Waals surface area contributed by atoms with E-state index in [1.165, 1.54) is 0 Å². The van der Waals surface area contributed by atoms with Gasteiger partial charge < -0.3 is 20.5 Å². The molecule has 0 aromatic carbocycles. The van der Waals surface area contributed by atoms with Crippen molar-refractivity contribution in [2.45, 2.75) is 51.3 Å². The molecule has 2 unspecified atom stereocenters. The van der Waals surface area contributed by atoms with E-state index in [0.29, 0.717) is 12.5 Å². The van der Waals surface area contributed by atoms with E-state index in [2.05, 4.69) is 10.6 Å². The molecule has 6 nitrogen and oxygen atoms in total. The second kappa shape index (κ2) is 5.77. The van der Waals surface area contributed by atoms with E-state index in [0.717, 1.165) is 19.3 Å². The number of carbonyl (C=O) groups excluding carboxylic acids is 1. The Labute approximate surface area is 112 Å². The van der Waals surface area contributed by atoms with Crippen molar-refractivity contribution >= 4 is 12.0 Å². The van der Waals surface area contributed by atoms with Gasteiger partial charge in [0.1, 0.15) is 6.04 Å². The lowest BCUT2D eigenvalue weighted by molar-refractivity contribution is -0.140. The molecule has 2 rings (SSSR count). The maximum absolute atomic E-state index is 11.9. The quantitative estimate of drug-likeness (QED) is 0.694. The highest BCUT2D eigenvalue weighted by molar-refractivity contribution is 5.82. The van der Waals surface area contributed by atoms with Gasteiger partial charge in [0.15, 0.2) is 0 Å². The Morgan fingerprint density at radius 2 is 1.95 bits per heavy atom. The van der Waals surface area contributed by atoms with Gasteiger partial charge in [-0.3, -0.25) is 0 Å². The third-order valence-corrected chi connectivity index (χ3v) is 3.76. The number of carboxylic acids is 1. The molecule has 2 fully saturated rings. The summed E-state index contributed by atoms with van der Waals surface area (Å²) in [5.41, 5.74) is 0. The van der Waals surface area contributed by atoms with E-state index in [-0.39, 0.29) is 18.1 Å². The molecule has 2 aliphatic rings. The van der Waals surface area contributed by atoms with Crippen molar-refractivity contribution in [3.8, 4) is 0 Å². The molecule has 2 amide bonds. The van der Waals surface area contributed by atoms with Crippen LogP contribution in [0.3, 0.4) is 0 Å². The van der Waals surface area contributed by atoms with Crippen molar-refractivity contribution in [3.63, 3.8) is 0 Å². The van der Waals surface area contributed by atoms with E-state index < -0.39 is 18.0 Å². The van der Waals surface area contributed by atoms with Crippen LogP contribution in [0.1, 0.15) is 33.1 Å². The van der Waals surface area contributed by atoms with Crippen LogP contribution in [0.25, 0.3) is 0 Å². The Balaban J connectivity index is 1.84. The first-order valence-corrected chi connectivity index (χ1v) is 6.90. The van der Waals surface area contributed by atoms with Crippen molar-refractivity contribution in [1.82, 2.24) is 10.6 Å². The highest BCUT2D eigenvalue weighted by Gasteiger charge is 2.41. The first-order valence-electron chi connectivity index (χ1n) is 6.90. The van der Waals surface area contributed by atoms with Crippen LogP contribution >= 0.6 is 0 Å². The molecule has 0 radical (unpaired) electrons. The second-order valence-corrected chi connectivity index (χ2v) is 5.75. The molecule has 1 aliphatic heterocycles. The molecule has 6 heteroatoms. The SMILES string of the molecule is CC(C)[C@H](NC(=O)NC1CCOC1C1CC1)C(=O)O. The molecule has 3 atom stereocenters. The van der Waals surface area contributed by atoms with E-state index in [4.69, 9.17) is 9.84 Å². The number of carbonyl (C=O) groups is 2. The average molecular weight is 270 g/mol. The van der Waals surface area contributed by atoms with Crippen LogP contribution < -0.4 is 10.6 Å². The van der Waals surface area contributed by atoms with Gasteiger partial charge in [0.2, 0.25) is 0 Å². The van der Waals surface area contributed by atoms with Gasteiger partial charge >= 0.3 is 12.0 Å². The van der Waals surface area contributed by atoms with Crippen LogP contribution in [-0.4, -0.2) is 41.9 Å². The maximum atomic E-state index is 11.9. The summed E-state index contributed by atoms with van der Waals surface area (Å²) in [6, 6.07) is -1.27. The van der Waals surface area contributed by atoms with Gasteiger partial charge in [-0.25, -0.2) is 9.59 Å². The monoisotopic (exact) mass is 270 g/mol. The highest BCUT2D eigenvalue weighted by atomic mass is 16.5. The zero-order valence-electron chi connectivity index (χ0n) is 11.4. The zero-order chi connectivity index (χ0) is 14.0. The standard InChI is InChI=1S/C13H22N2O4/c1-7(2)10(12(16)17)15-13(18)14-9-5-6-19-11(9)8-3-4-8/h7-11H,3-6H2,1-2H3,(H,16,17)(H2,14,15,18)/t9?,10-,11?/m0/s1. The summed E-state index contributed by atoms with van der Waals surface area (Å²) in [5.74, 6) is -0.595. The molecule has 3 N–H and O–H groups in total. The molecule has 1 heterocycles. The molecule has 108 valence electrons. The van der Waals surface area contributed by atoms with Crippen molar-refractivity contribution < 1.29 is 19.4 Å². The van der Waals surface area contributed by atoms with Crippen molar-refractivity contribution in [3.05, 3.63) is 0 Å². The first kappa shape index (κ1) is 14.1. The fraction of sp³-hybridized carbons (Fsp3) is 0.846. The Kier molecular flexibility index (Phi) is 4.29. The summed E-state index contributed by atoms with van der Waals surface area (Å²) in [5, 5.41) is 14.4. The van der Waals surface area contributed by atoms with E-state index in [1.807, 2.05) is 0 Å². The van der Waals surface area contributed by atoms with Crippen LogP contribution in [0.2, 0.25) is 0 Å². The number of aliphatic carboxylic acids is 1. The Bertz CT molecular complexity index is 355. The fourth-order valence-corrected chi connectivity index (χ4v) is 2.52. The third kappa shape index (κ3) is 3.59. The Morgan fingerprint density at radius 3 is 2.47 bits per heavy atom. The summed E-state index contributed by atoms with van der Waals surface area (Å²) in [4.78, 5) is 22.9. The average Bonchev–Trinajstić information content (AvgIpc) is 3.07. The number of amides is 2. The lowest BCUT2D eigenvalue weighted by atomic mass is 10.0. The summed E-state index contributed by atoms with van der Waals surface area (Å²) in [6.45, 7) is 4.20. The van der Waals surface area contributed by atoms with Crippen molar-refractivity contribution in [1.29, 1.82) is 0 Å². The van der Waals surface area contributed by atoms with Crippen molar-refractivity contribution in [2.24, 2.45) is 11.8 Å². The van der Waals surface area contributed by atoms with Gasteiger partial charge in [-0.2, -0.15) is 0 Å². The van der Waals surface area contributed by atoms with Crippen LogP contribution in [0.4, 0.5) is 4.79 Å². The lowest BCUT2D eigenvalue weighted by Crippen LogP contribution is -2.52. The Hall–Kier alpha value is -1.30. The molecular weight excluding hydrogens is 248 g/mol. The van der Waals surface area contributed by atoms with Gasteiger partial charge in [-0.1, -0.05) is 13.8 Å². The summed E-state index contributed by atoms with van der Waals surface area (Å²) in [6.07, 6.45) is 3.23. The fourth-order valence-electron chi connectivity index (χ4n) is 2.52. The number of urea groups is 1. The summed E-state index contributed by atoms with van der Waals surface area (Å²) < 4.78 is 5.63. The lowest BCUT2D eigenvalue weighted by Gasteiger charge is -2.23. The number of hydrogen-bond donors (Lipinski definition) is 3. The van der Waals surface area contributed by atoms with Gasteiger partial charge in [-0.15, -0.1) is 0 Å². The van der Waals surface area contributed by atoms with Gasteiger partial charge in [-0.05, 0) is 31.1 Å². The van der Waals surface area contributed by atoms with Crippen LogP contribution in [0.15, 0.2) is 0 Å². The number of carboxylic acid groups (broad SMARTS) is 1. The van der Waals surface area contributed by atoms with Gasteiger partial charge in [0.05, 0.1) is 12.1 Å².